The normalized spacial score (nSPS) is 21.8. The summed E-state index contributed by atoms with van der Waals surface area (Å²) < 4.78 is 38.7. The molecule has 9 heteroatoms. The second-order valence-electron chi connectivity index (χ2n) is 6.32. The Morgan fingerprint density at radius 2 is 2.17 bits per heavy atom. The van der Waals surface area contributed by atoms with Crippen LogP contribution >= 0.6 is 24.0 Å². The van der Waals surface area contributed by atoms with Crippen molar-refractivity contribution in [1.82, 2.24) is 19.8 Å². The first-order valence-electron chi connectivity index (χ1n) is 7.79. The van der Waals surface area contributed by atoms with Crippen LogP contribution in [0.1, 0.15) is 32.5 Å². The molecule has 1 aromatic rings. The lowest BCUT2D eigenvalue weighted by Gasteiger charge is -2.25. The molecule has 1 atom stereocenters. The summed E-state index contributed by atoms with van der Waals surface area (Å²) in [6, 6.07) is 0. The van der Waals surface area contributed by atoms with E-state index in [-0.39, 0.29) is 35.9 Å². The molecule has 1 aliphatic heterocycles. The van der Waals surface area contributed by atoms with Gasteiger partial charge in [-0.2, -0.15) is 13.2 Å². The summed E-state index contributed by atoms with van der Waals surface area (Å²) in [7, 11) is 1.69. The lowest BCUT2D eigenvalue weighted by molar-refractivity contribution is -0.141. The van der Waals surface area contributed by atoms with Gasteiger partial charge < -0.3 is 14.8 Å². The summed E-state index contributed by atoms with van der Waals surface area (Å²) in [5, 5.41) is 3.13. The maximum Gasteiger partial charge on any atom is 0.406 e. The topological polar surface area (TPSA) is 45.4 Å². The molecule has 1 unspecified atom stereocenters. The molecule has 1 fully saturated rings. The van der Waals surface area contributed by atoms with E-state index in [1.165, 1.54) is 12.4 Å². The van der Waals surface area contributed by atoms with E-state index < -0.39 is 12.7 Å². The molecule has 0 saturated carbocycles. The minimum Gasteiger partial charge on any atom is -0.349 e. The summed E-state index contributed by atoms with van der Waals surface area (Å²) in [6.45, 7) is 5.42. The zero-order chi connectivity index (χ0) is 17.1. The average Bonchev–Trinajstić information content (AvgIpc) is 3.06. The van der Waals surface area contributed by atoms with Crippen molar-refractivity contribution in [2.24, 2.45) is 10.4 Å². The van der Waals surface area contributed by atoms with Gasteiger partial charge in [0.1, 0.15) is 12.4 Å². The first-order chi connectivity index (χ1) is 10.8. The van der Waals surface area contributed by atoms with E-state index in [0.29, 0.717) is 11.8 Å². The minimum atomic E-state index is -4.25. The van der Waals surface area contributed by atoms with Crippen molar-refractivity contribution in [1.29, 1.82) is 0 Å². The molecule has 1 N–H and O–H groups in total. The Bertz CT molecular complexity index is 558. The summed E-state index contributed by atoms with van der Waals surface area (Å²) in [5.74, 6) is 1.06. The number of hydrogen-bond acceptors (Lipinski definition) is 2. The number of hydrogen-bond donors (Lipinski definition) is 1. The van der Waals surface area contributed by atoms with Crippen LogP contribution in [0, 0.1) is 5.41 Å². The van der Waals surface area contributed by atoms with Gasteiger partial charge in [-0.25, -0.2) is 4.98 Å². The van der Waals surface area contributed by atoms with Gasteiger partial charge in [-0.15, -0.1) is 24.0 Å². The number of guanidine groups is 1. The van der Waals surface area contributed by atoms with Crippen molar-refractivity contribution in [3.05, 3.63) is 18.2 Å². The van der Waals surface area contributed by atoms with Gasteiger partial charge in [0.25, 0.3) is 0 Å². The molecule has 0 aromatic carbocycles. The van der Waals surface area contributed by atoms with Crippen molar-refractivity contribution in [3.8, 4) is 0 Å². The first-order valence-corrected chi connectivity index (χ1v) is 7.79. The van der Waals surface area contributed by atoms with Gasteiger partial charge in [-0.05, 0) is 18.3 Å². The predicted octanol–water partition coefficient (Wildman–Crippen LogP) is 3.26. The first kappa shape index (κ1) is 21.0. The minimum absolute atomic E-state index is 0. The van der Waals surface area contributed by atoms with E-state index in [4.69, 9.17) is 0 Å². The number of rotatable bonds is 4. The molecule has 0 aliphatic carbocycles. The molecule has 2 heterocycles. The quantitative estimate of drug-likeness (QED) is 0.427. The number of alkyl halides is 3. The number of imidazole rings is 1. The van der Waals surface area contributed by atoms with E-state index in [0.717, 1.165) is 30.5 Å². The fourth-order valence-corrected chi connectivity index (χ4v) is 2.83. The maximum atomic E-state index is 12.5. The van der Waals surface area contributed by atoms with Crippen LogP contribution in [-0.2, 0) is 13.1 Å². The van der Waals surface area contributed by atoms with Crippen LogP contribution in [0.2, 0.25) is 0 Å². The number of nitrogens with zero attached hydrogens (tertiary/aromatic N) is 4. The lowest BCUT2D eigenvalue weighted by Crippen LogP contribution is -2.41. The summed E-state index contributed by atoms with van der Waals surface area (Å²) in [6.07, 6.45) is 0.658. The molecule has 0 radical (unpaired) electrons. The largest absolute Gasteiger partial charge is 0.406 e. The standard InChI is InChI=1S/C15H24F3N5.HI/c1-4-14(2)5-7-23(10-14)13(19-3)21-9-12-20-6-8-22(12)11-15(16,17)18;/h6,8H,4-5,7,9-11H2,1-3H3,(H,19,21);1H. The van der Waals surface area contributed by atoms with Gasteiger partial charge >= 0.3 is 6.18 Å². The second kappa shape index (κ2) is 8.39. The third-order valence-electron chi connectivity index (χ3n) is 4.48. The van der Waals surface area contributed by atoms with Crippen molar-refractivity contribution in [3.63, 3.8) is 0 Å². The van der Waals surface area contributed by atoms with E-state index in [1.54, 1.807) is 7.05 Å². The highest BCUT2D eigenvalue weighted by molar-refractivity contribution is 14.0. The zero-order valence-electron chi connectivity index (χ0n) is 14.2. The van der Waals surface area contributed by atoms with Crippen LogP contribution in [0.15, 0.2) is 17.4 Å². The SMILES string of the molecule is CCC1(C)CCN(C(=NC)NCc2nccn2CC(F)(F)F)C1.I. The molecule has 138 valence electrons. The van der Waals surface area contributed by atoms with Gasteiger partial charge in [0, 0.05) is 32.5 Å². The maximum absolute atomic E-state index is 12.5. The highest BCUT2D eigenvalue weighted by Crippen LogP contribution is 2.32. The van der Waals surface area contributed by atoms with Gasteiger partial charge in [-0.1, -0.05) is 13.8 Å². The Morgan fingerprint density at radius 1 is 1.46 bits per heavy atom. The van der Waals surface area contributed by atoms with E-state index in [9.17, 15) is 13.2 Å². The highest BCUT2D eigenvalue weighted by Gasteiger charge is 2.33. The van der Waals surface area contributed by atoms with E-state index in [2.05, 4.69) is 34.0 Å². The Balaban J connectivity index is 0.00000288. The summed E-state index contributed by atoms with van der Waals surface area (Å²) in [4.78, 5) is 10.4. The van der Waals surface area contributed by atoms with Gasteiger partial charge in [-0.3, -0.25) is 4.99 Å². The lowest BCUT2D eigenvalue weighted by atomic mass is 9.87. The number of nitrogens with one attached hydrogen (secondary N) is 1. The second-order valence-corrected chi connectivity index (χ2v) is 6.32. The predicted molar refractivity (Wildman–Crippen MR) is 98.5 cm³/mol. The van der Waals surface area contributed by atoms with Gasteiger partial charge in [0.2, 0.25) is 0 Å². The molecule has 1 aromatic heterocycles. The number of aromatic nitrogens is 2. The molecular formula is C15H25F3IN5. The van der Waals surface area contributed by atoms with Crippen LogP contribution in [0.3, 0.4) is 0 Å². The number of likely N-dealkylation sites (tertiary alicyclic amines) is 1. The molecule has 0 amide bonds. The van der Waals surface area contributed by atoms with Crippen molar-refractivity contribution >= 4 is 29.9 Å². The fraction of sp³-hybridized carbons (Fsp3) is 0.733. The third kappa shape index (κ3) is 5.52. The van der Waals surface area contributed by atoms with Gasteiger partial charge in [0.05, 0.1) is 6.54 Å². The van der Waals surface area contributed by atoms with Crippen molar-refractivity contribution < 1.29 is 13.2 Å². The molecule has 0 bridgehead atoms. The fourth-order valence-electron chi connectivity index (χ4n) is 2.83. The molecular weight excluding hydrogens is 434 g/mol. The van der Waals surface area contributed by atoms with Gasteiger partial charge in [0.15, 0.2) is 5.96 Å². The molecule has 1 aliphatic rings. The number of halogens is 4. The molecule has 5 nitrogen and oxygen atoms in total. The van der Waals surface area contributed by atoms with Crippen molar-refractivity contribution in [2.75, 3.05) is 20.1 Å². The Hall–Kier alpha value is -1.00. The molecule has 0 spiro atoms. The van der Waals surface area contributed by atoms with Crippen LogP contribution in [0.25, 0.3) is 0 Å². The summed E-state index contributed by atoms with van der Waals surface area (Å²) in [5.41, 5.74) is 0.270. The highest BCUT2D eigenvalue weighted by atomic mass is 127. The molecule has 24 heavy (non-hydrogen) atoms. The zero-order valence-corrected chi connectivity index (χ0v) is 16.6. The average molecular weight is 459 g/mol. The van der Waals surface area contributed by atoms with Crippen LogP contribution in [0.5, 0.6) is 0 Å². The smallest absolute Gasteiger partial charge is 0.349 e. The molecule has 1 saturated heterocycles. The van der Waals surface area contributed by atoms with Crippen LogP contribution < -0.4 is 5.32 Å². The molecule has 2 rings (SSSR count). The summed E-state index contributed by atoms with van der Waals surface area (Å²) >= 11 is 0. The Kier molecular flexibility index (Phi) is 7.36. The third-order valence-corrected chi connectivity index (χ3v) is 4.48. The monoisotopic (exact) mass is 459 g/mol. The van der Waals surface area contributed by atoms with E-state index in [1.807, 2.05) is 0 Å². The Morgan fingerprint density at radius 3 is 2.71 bits per heavy atom. The Labute approximate surface area is 157 Å². The van der Waals surface area contributed by atoms with Crippen molar-refractivity contribution in [2.45, 2.75) is 46.0 Å². The van der Waals surface area contributed by atoms with Crippen LogP contribution in [-0.4, -0.2) is 46.7 Å². The van der Waals surface area contributed by atoms with Crippen LogP contribution in [0.4, 0.5) is 13.2 Å². The number of aliphatic imine (C=N–C) groups is 1. The van der Waals surface area contributed by atoms with E-state index >= 15 is 0 Å².